The topological polar surface area (TPSA) is 100 Å². The maximum absolute atomic E-state index is 12.5. The Balaban J connectivity index is 1.79. The van der Waals surface area contributed by atoms with Crippen LogP contribution in [0.2, 0.25) is 0 Å². The summed E-state index contributed by atoms with van der Waals surface area (Å²) >= 11 is 1.14. The summed E-state index contributed by atoms with van der Waals surface area (Å²) in [5.41, 5.74) is 4.13. The maximum Gasteiger partial charge on any atom is 0.234 e. The molecule has 0 fully saturated rings. The Morgan fingerprint density at radius 3 is 2.56 bits per heavy atom. The molecule has 1 unspecified atom stereocenters. The molecule has 1 heterocycles. The van der Waals surface area contributed by atoms with Gasteiger partial charge in [0, 0.05) is 18.0 Å². The highest BCUT2D eigenvalue weighted by Gasteiger charge is 2.30. The first-order valence-corrected chi connectivity index (χ1v) is 11.0. The summed E-state index contributed by atoms with van der Waals surface area (Å²) in [7, 11) is 3.08. The molecule has 0 aliphatic carbocycles. The minimum absolute atomic E-state index is 0.0619. The summed E-state index contributed by atoms with van der Waals surface area (Å²) in [6.45, 7) is 3.99. The van der Waals surface area contributed by atoms with Crippen LogP contribution in [0, 0.1) is 25.2 Å². The molecule has 2 aromatic rings. The van der Waals surface area contributed by atoms with E-state index in [2.05, 4.69) is 16.7 Å². The van der Waals surface area contributed by atoms with Gasteiger partial charge in [-0.3, -0.25) is 9.59 Å². The van der Waals surface area contributed by atoms with Crippen molar-refractivity contribution in [1.29, 1.82) is 5.26 Å². The zero-order valence-electron chi connectivity index (χ0n) is 18.4. The van der Waals surface area contributed by atoms with Crippen molar-refractivity contribution in [1.82, 2.24) is 5.32 Å². The highest BCUT2D eigenvalue weighted by atomic mass is 32.2. The maximum atomic E-state index is 12.5. The lowest BCUT2D eigenvalue weighted by atomic mass is 9.87. The molecule has 1 atom stereocenters. The van der Waals surface area contributed by atoms with Crippen molar-refractivity contribution in [3.05, 3.63) is 63.7 Å². The van der Waals surface area contributed by atoms with Gasteiger partial charge in [0.15, 0.2) is 11.5 Å². The lowest BCUT2D eigenvalue weighted by Crippen LogP contribution is -2.31. The molecule has 1 aliphatic heterocycles. The summed E-state index contributed by atoms with van der Waals surface area (Å²) in [5.74, 6) is 0.295. The van der Waals surface area contributed by atoms with Crippen LogP contribution in [0.3, 0.4) is 0 Å². The van der Waals surface area contributed by atoms with Gasteiger partial charge < -0.3 is 20.1 Å². The normalized spacial score (nSPS) is 15.6. The van der Waals surface area contributed by atoms with Crippen molar-refractivity contribution in [2.24, 2.45) is 0 Å². The second kappa shape index (κ2) is 10.2. The van der Waals surface area contributed by atoms with Gasteiger partial charge in [-0.1, -0.05) is 23.9 Å². The van der Waals surface area contributed by atoms with E-state index in [1.54, 1.807) is 19.2 Å². The van der Waals surface area contributed by atoms with E-state index in [-0.39, 0.29) is 24.0 Å². The predicted octanol–water partition coefficient (Wildman–Crippen LogP) is 4.03. The number of anilines is 1. The van der Waals surface area contributed by atoms with Crippen LogP contribution in [0.25, 0.3) is 0 Å². The number of nitrogens with one attached hydrogen (secondary N) is 2. The Morgan fingerprint density at radius 2 is 1.91 bits per heavy atom. The second-order valence-corrected chi connectivity index (χ2v) is 8.40. The zero-order chi connectivity index (χ0) is 23.3. The molecule has 3 rings (SSSR count). The largest absolute Gasteiger partial charge is 0.493 e. The van der Waals surface area contributed by atoms with Crippen LogP contribution in [0.15, 0.2) is 47.0 Å². The quantitative estimate of drug-likeness (QED) is 0.659. The first-order valence-electron chi connectivity index (χ1n) is 10.0. The number of amides is 2. The van der Waals surface area contributed by atoms with E-state index in [0.29, 0.717) is 27.8 Å². The van der Waals surface area contributed by atoms with Crippen molar-refractivity contribution in [2.45, 2.75) is 26.2 Å². The van der Waals surface area contributed by atoms with Gasteiger partial charge in [0.1, 0.15) is 0 Å². The molecule has 2 aromatic carbocycles. The van der Waals surface area contributed by atoms with E-state index in [1.807, 2.05) is 38.1 Å². The average Bonchev–Trinajstić information content (AvgIpc) is 2.79. The van der Waals surface area contributed by atoms with E-state index >= 15 is 0 Å². The molecule has 0 bridgehead atoms. The average molecular weight is 452 g/mol. The molecular weight excluding hydrogens is 426 g/mol. The van der Waals surface area contributed by atoms with Crippen LogP contribution in [0.4, 0.5) is 5.69 Å². The molecule has 2 N–H and O–H groups in total. The Labute approximate surface area is 191 Å². The van der Waals surface area contributed by atoms with Gasteiger partial charge in [-0.05, 0) is 54.8 Å². The van der Waals surface area contributed by atoms with Crippen LogP contribution < -0.4 is 20.1 Å². The highest BCUT2D eigenvalue weighted by molar-refractivity contribution is 8.03. The van der Waals surface area contributed by atoms with Crippen LogP contribution in [-0.2, 0) is 9.59 Å². The van der Waals surface area contributed by atoms with E-state index < -0.39 is 5.92 Å². The number of rotatable bonds is 7. The van der Waals surface area contributed by atoms with Crippen molar-refractivity contribution in [3.8, 4) is 17.6 Å². The summed E-state index contributed by atoms with van der Waals surface area (Å²) in [5, 5.41) is 15.8. The second-order valence-electron chi connectivity index (χ2n) is 7.41. The number of benzene rings is 2. The van der Waals surface area contributed by atoms with Gasteiger partial charge >= 0.3 is 0 Å². The molecule has 2 amide bonds. The van der Waals surface area contributed by atoms with Crippen LogP contribution in [0.5, 0.6) is 11.5 Å². The molecule has 7 nitrogen and oxygen atoms in total. The standard InChI is InChI=1S/C24H25N3O4S/c1-14-5-7-17(9-15(14)2)26-23(29)13-32-24-19(12-25)18(11-22(28)27-24)16-6-8-20(30-3)21(10-16)31-4/h5-10,18H,11,13H2,1-4H3,(H,26,29)(H,27,28). The van der Waals surface area contributed by atoms with E-state index in [4.69, 9.17) is 9.47 Å². The number of nitriles is 1. The van der Waals surface area contributed by atoms with Gasteiger partial charge in [-0.15, -0.1) is 0 Å². The van der Waals surface area contributed by atoms with Gasteiger partial charge in [-0.2, -0.15) is 5.26 Å². The SMILES string of the molecule is COc1ccc(C2CC(=O)NC(SCC(=O)Nc3ccc(C)c(C)c3)=C2C#N)cc1OC. The fraction of sp³-hybridized carbons (Fsp3) is 0.292. The third kappa shape index (κ3) is 5.24. The number of hydrogen-bond acceptors (Lipinski definition) is 6. The summed E-state index contributed by atoms with van der Waals surface area (Å²) in [4.78, 5) is 24.8. The molecule has 1 aliphatic rings. The molecule has 0 spiro atoms. The molecular formula is C24H25N3O4S. The molecule has 32 heavy (non-hydrogen) atoms. The van der Waals surface area contributed by atoms with Crippen molar-refractivity contribution >= 4 is 29.3 Å². The minimum atomic E-state index is -0.432. The number of carbonyl (C=O) groups excluding carboxylic acids is 2. The number of thioether (sulfide) groups is 1. The molecule has 0 saturated heterocycles. The minimum Gasteiger partial charge on any atom is -0.493 e. The number of carbonyl (C=O) groups is 2. The molecule has 0 saturated carbocycles. The third-order valence-electron chi connectivity index (χ3n) is 5.30. The Kier molecular flexibility index (Phi) is 7.44. The molecule has 0 aromatic heterocycles. The van der Waals surface area contributed by atoms with E-state index in [9.17, 15) is 14.9 Å². The fourth-order valence-corrected chi connectivity index (χ4v) is 4.32. The molecule has 8 heteroatoms. The number of nitrogens with zero attached hydrogens (tertiary/aromatic N) is 1. The van der Waals surface area contributed by atoms with Crippen molar-refractivity contribution in [2.75, 3.05) is 25.3 Å². The fourth-order valence-electron chi connectivity index (χ4n) is 3.44. The first kappa shape index (κ1) is 23.2. The van der Waals surface area contributed by atoms with Gasteiger partial charge in [0.2, 0.25) is 11.8 Å². The van der Waals surface area contributed by atoms with Crippen LogP contribution in [-0.4, -0.2) is 31.8 Å². The van der Waals surface area contributed by atoms with Gasteiger partial charge in [0.05, 0.1) is 36.6 Å². The number of ether oxygens (including phenoxy) is 2. The zero-order valence-corrected chi connectivity index (χ0v) is 19.3. The summed E-state index contributed by atoms with van der Waals surface area (Å²) in [6, 6.07) is 13.3. The number of methoxy groups -OCH3 is 2. The van der Waals surface area contributed by atoms with E-state index in [0.717, 1.165) is 28.5 Å². The Hall–Kier alpha value is -3.44. The van der Waals surface area contributed by atoms with Crippen LogP contribution >= 0.6 is 11.8 Å². The summed E-state index contributed by atoms with van der Waals surface area (Å²) < 4.78 is 10.6. The molecule has 166 valence electrons. The lowest BCUT2D eigenvalue weighted by molar-refractivity contribution is -0.121. The smallest absolute Gasteiger partial charge is 0.234 e. The molecule has 0 radical (unpaired) electrons. The monoisotopic (exact) mass is 451 g/mol. The van der Waals surface area contributed by atoms with Crippen molar-refractivity contribution in [3.63, 3.8) is 0 Å². The number of allylic oxidation sites excluding steroid dienone is 1. The Bertz CT molecular complexity index is 1120. The number of aryl methyl sites for hydroxylation is 2. The van der Waals surface area contributed by atoms with E-state index in [1.165, 1.54) is 7.11 Å². The summed E-state index contributed by atoms with van der Waals surface area (Å²) in [6.07, 6.45) is 0.136. The van der Waals surface area contributed by atoms with Crippen molar-refractivity contribution < 1.29 is 19.1 Å². The van der Waals surface area contributed by atoms with Gasteiger partial charge in [-0.25, -0.2) is 0 Å². The number of hydrogen-bond donors (Lipinski definition) is 2. The first-order chi connectivity index (χ1) is 15.4. The highest BCUT2D eigenvalue weighted by Crippen LogP contribution is 2.39. The van der Waals surface area contributed by atoms with Crippen LogP contribution in [0.1, 0.15) is 29.0 Å². The third-order valence-corrected chi connectivity index (χ3v) is 6.32. The van der Waals surface area contributed by atoms with Gasteiger partial charge in [0.25, 0.3) is 0 Å². The Morgan fingerprint density at radius 1 is 1.16 bits per heavy atom. The predicted molar refractivity (Wildman–Crippen MR) is 125 cm³/mol. The lowest BCUT2D eigenvalue weighted by Gasteiger charge is -2.25.